The number of methoxy groups -OCH3 is 1. The first-order valence-electron chi connectivity index (χ1n) is 9.15. The van der Waals surface area contributed by atoms with Crippen LogP contribution in [0.25, 0.3) is 22.2 Å². The van der Waals surface area contributed by atoms with E-state index in [9.17, 15) is 4.79 Å². The second kappa shape index (κ2) is 7.44. The number of nitrogens with two attached hydrogens (primary N) is 1. The van der Waals surface area contributed by atoms with Crippen LogP contribution in [-0.4, -0.2) is 41.7 Å². The number of hydrogen-bond acceptors (Lipinski definition) is 6. The maximum Gasteiger partial charge on any atom is 0.234 e. The van der Waals surface area contributed by atoms with Gasteiger partial charge in [-0.25, -0.2) is 4.98 Å². The van der Waals surface area contributed by atoms with E-state index in [4.69, 9.17) is 20.2 Å². The highest BCUT2D eigenvalue weighted by molar-refractivity contribution is 5.91. The van der Waals surface area contributed by atoms with Crippen LogP contribution in [0.1, 0.15) is 12.0 Å². The first-order valence-corrected chi connectivity index (χ1v) is 9.15. The molecule has 7 nitrogen and oxygen atoms in total. The highest BCUT2D eigenvalue weighted by atomic mass is 16.5. The molecular formula is C21H22N4O3. The van der Waals surface area contributed by atoms with Gasteiger partial charge in [0.15, 0.2) is 0 Å². The summed E-state index contributed by atoms with van der Waals surface area (Å²) in [6.45, 7) is 2.54. The Hall–Kier alpha value is -3.19. The van der Waals surface area contributed by atoms with Crippen molar-refractivity contribution >= 4 is 16.8 Å². The lowest BCUT2D eigenvalue weighted by Gasteiger charge is -2.17. The largest absolute Gasteiger partial charge is 0.496 e. The molecule has 28 heavy (non-hydrogen) atoms. The quantitative estimate of drug-likeness (QED) is 0.706. The van der Waals surface area contributed by atoms with E-state index in [-0.39, 0.29) is 18.1 Å². The number of pyridine rings is 2. The van der Waals surface area contributed by atoms with Gasteiger partial charge in [-0.1, -0.05) is 0 Å². The van der Waals surface area contributed by atoms with Crippen LogP contribution in [0.15, 0.2) is 42.7 Å². The van der Waals surface area contributed by atoms with Crippen molar-refractivity contribution in [1.82, 2.24) is 15.3 Å². The third kappa shape index (κ3) is 3.36. The summed E-state index contributed by atoms with van der Waals surface area (Å²) in [7, 11) is 1.64. The van der Waals surface area contributed by atoms with Crippen LogP contribution in [-0.2, 0) is 4.79 Å². The van der Waals surface area contributed by atoms with E-state index in [2.05, 4.69) is 10.3 Å². The minimum Gasteiger partial charge on any atom is -0.496 e. The molecule has 3 N–H and O–H groups in total. The van der Waals surface area contributed by atoms with Gasteiger partial charge in [0, 0.05) is 47.9 Å². The fourth-order valence-electron chi connectivity index (χ4n) is 3.55. The molecule has 4 rings (SSSR count). The van der Waals surface area contributed by atoms with E-state index < -0.39 is 0 Å². The van der Waals surface area contributed by atoms with Gasteiger partial charge in [0.05, 0.1) is 24.4 Å². The zero-order chi connectivity index (χ0) is 19.7. The van der Waals surface area contributed by atoms with Crippen LogP contribution in [0.3, 0.4) is 0 Å². The molecular weight excluding hydrogens is 356 g/mol. The molecule has 7 heteroatoms. The lowest BCUT2D eigenvalue weighted by atomic mass is 10.1. The number of amides is 1. The van der Waals surface area contributed by atoms with Crippen LogP contribution < -0.4 is 20.5 Å². The summed E-state index contributed by atoms with van der Waals surface area (Å²) in [4.78, 5) is 20.5. The fraction of sp³-hybridized carbons (Fsp3) is 0.286. The number of fused-ring (bicyclic) bond motifs is 1. The Balaban J connectivity index is 1.80. The van der Waals surface area contributed by atoms with E-state index in [0.29, 0.717) is 18.7 Å². The van der Waals surface area contributed by atoms with Crippen LogP contribution in [0.2, 0.25) is 0 Å². The summed E-state index contributed by atoms with van der Waals surface area (Å²) in [5, 5.41) is 4.00. The Morgan fingerprint density at radius 2 is 2.14 bits per heavy atom. The van der Waals surface area contributed by atoms with Crippen LogP contribution >= 0.6 is 0 Å². The fourth-order valence-corrected chi connectivity index (χ4v) is 3.55. The summed E-state index contributed by atoms with van der Waals surface area (Å²) < 4.78 is 11.7. The first-order chi connectivity index (χ1) is 13.6. The molecule has 1 aliphatic rings. The normalized spacial score (nSPS) is 18.9. The molecule has 1 saturated heterocycles. The Morgan fingerprint density at radius 3 is 2.82 bits per heavy atom. The molecule has 0 saturated carbocycles. The van der Waals surface area contributed by atoms with Crippen molar-refractivity contribution in [3.8, 4) is 22.8 Å². The summed E-state index contributed by atoms with van der Waals surface area (Å²) in [6, 6.07) is 9.25. The van der Waals surface area contributed by atoms with E-state index in [1.165, 1.54) is 0 Å². The van der Waals surface area contributed by atoms with Gasteiger partial charge in [0.2, 0.25) is 5.91 Å². The molecule has 0 bridgehead atoms. The molecule has 1 aromatic carbocycles. The van der Waals surface area contributed by atoms with Gasteiger partial charge >= 0.3 is 0 Å². The van der Waals surface area contributed by atoms with Crippen molar-refractivity contribution < 1.29 is 14.3 Å². The zero-order valence-corrected chi connectivity index (χ0v) is 15.8. The molecule has 2 atom stereocenters. The summed E-state index contributed by atoms with van der Waals surface area (Å²) in [5.74, 6) is 1.12. The first kappa shape index (κ1) is 18.2. The third-order valence-corrected chi connectivity index (χ3v) is 5.05. The highest BCUT2D eigenvalue weighted by Crippen LogP contribution is 2.35. The van der Waals surface area contributed by atoms with Crippen molar-refractivity contribution in [3.05, 3.63) is 48.3 Å². The monoisotopic (exact) mass is 378 g/mol. The van der Waals surface area contributed by atoms with Gasteiger partial charge in [-0.15, -0.1) is 0 Å². The number of aromatic nitrogens is 2. The topological polar surface area (TPSA) is 99.4 Å². The minimum atomic E-state index is -0.363. The van der Waals surface area contributed by atoms with Crippen LogP contribution in [0.4, 0.5) is 0 Å². The lowest BCUT2D eigenvalue weighted by molar-refractivity contribution is -0.119. The van der Waals surface area contributed by atoms with Gasteiger partial charge < -0.3 is 20.5 Å². The van der Waals surface area contributed by atoms with E-state index in [1.54, 1.807) is 19.5 Å². The molecule has 1 fully saturated rings. The molecule has 1 aliphatic heterocycles. The number of carbonyl (C=O) groups is 1. The molecule has 3 aromatic rings. The number of carbonyl (C=O) groups excluding carboxylic acids is 1. The molecule has 0 radical (unpaired) electrons. The van der Waals surface area contributed by atoms with Crippen molar-refractivity contribution in [1.29, 1.82) is 0 Å². The molecule has 2 aromatic heterocycles. The second-order valence-corrected chi connectivity index (χ2v) is 6.88. The molecule has 1 amide bonds. The number of aryl methyl sites for hydroxylation is 1. The minimum absolute atomic E-state index is 0.146. The summed E-state index contributed by atoms with van der Waals surface area (Å²) in [5.41, 5.74) is 8.83. The molecule has 144 valence electrons. The van der Waals surface area contributed by atoms with Gasteiger partial charge in [-0.3, -0.25) is 9.78 Å². The Morgan fingerprint density at radius 1 is 1.29 bits per heavy atom. The number of rotatable bonds is 5. The van der Waals surface area contributed by atoms with Gasteiger partial charge in [0.25, 0.3) is 0 Å². The van der Waals surface area contributed by atoms with E-state index >= 15 is 0 Å². The van der Waals surface area contributed by atoms with Crippen LogP contribution in [0.5, 0.6) is 11.5 Å². The highest BCUT2D eigenvalue weighted by Gasteiger charge is 2.29. The average Bonchev–Trinajstić information content (AvgIpc) is 3.18. The van der Waals surface area contributed by atoms with E-state index in [1.807, 2.05) is 37.3 Å². The standard InChI is InChI=1S/C21H22N4O3/c1-12-18(27-2)6-5-15-19(28-14-8-17(21(22)26)24-11-14)9-16(25-20(12)15)13-4-3-7-23-10-13/h3-7,9-10,14,17,24H,8,11H2,1-2H3,(H2,22,26). The van der Waals surface area contributed by atoms with Crippen molar-refractivity contribution in [3.63, 3.8) is 0 Å². The average molecular weight is 378 g/mol. The number of benzene rings is 1. The number of nitrogens with zero attached hydrogens (tertiary/aromatic N) is 2. The van der Waals surface area contributed by atoms with E-state index in [0.717, 1.165) is 33.5 Å². The van der Waals surface area contributed by atoms with Gasteiger partial charge in [-0.05, 0) is 31.2 Å². The molecule has 0 aliphatic carbocycles. The van der Waals surface area contributed by atoms with Crippen molar-refractivity contribution in [2.24, 2.45) is 5.73 Å². The number of nitrogens with one attached hydrogen (secondary N) is 1. The summed E-state index contributed by atoms with van der Waals surface area (Å²) in [6.07, 6.45) is 3.89. The number of hydrogen-bond donors (Lipinski definition) is 2. The Labute approximate surface area is 162 Å². The predicted molar refractivity (Wildman–Crippen MR) is 106 cm³/mol. The lowest BCUT2D eigenvalue weighted by Crippen LogP contribution is -2.36. The number of primary amides is 1. The predicted octanol–water partition coefficient (Wildman–Crippen LogP) is 2.21. The smallest absolute Gasteiger partial charge is 0.234 e. The zero-order valence-electron chi connectivity index (χ0n) is 15.8. The number of ether oxygens (including phenoxy) is 2. The molecule has 2 unspecified atom stereocenters. The Bertz CT molecular complexity index is 1020. The maximum absolute atomic E-state index is 11.4. The summed E-state index contributed by atoms with van der Waals surface area (Å²) >= 11 is 0. The molecule has 3 heterocycles. The van der Waals surface area contributed by atoms with Crippen molar-refractivity contribution in [2.45, 2.75) is 25.5 Å². The van der Waals surface area contributed by atoms with Crippen molar-refractivity contribution in [2.75, 3.05) is 13.7 Å². The second-order valence-electron chi connectivity index (χ2n) is 6.88. The van der Waals surface area contributed by atoms with Crippen LogP contribution in [0, 0.1) is 6.92 Å². The van der Waals surface area contributed by atoms with Gasteiger partial charge in [0.1, 0.15) is 17.6 Å². The maximum atomic E-state index is 11.4. The Kier molecular flexibility index (Phi) is 4.83. The SMILES string of the molecule is COc1ccc2c(OC3CNC(C(N)=O)C3)cc(-c3cccnc3)nc2c1C. The molecule has 0 spiro atoms. The third-order valence-electron chi connectivity index (χ3n) is 5.05. The van der Waals surface area contributed by atoms with Gasteiger partial charge in [-0.2, -0.15) is 0 Å².